The number of rotatable bonds is 7. The average Bonchev–Trinajstić information content (AvgIpc) is 3.61. The second kappa shape index (κ2) is 10.7. The van der Waals surface area contributed by atoms with Gasteiger partial charge in [0, 0.05) is 11.1 Å². The molecule has 0 bridgehead atoms. The zero-order valence-corrected chi connectivity index (χ0v) is 20.7. The summed E-state index contributed by atoms with van der Waals surface area (Å²) < 4.78 is 5.58. The van der Waals surface area contributed by atoms with Gasteiger partial charge in [-0.15, -0.1) is 10.2 Å². The molecule has 0 saturated heterocycles. The summed E-state index contributed by atoms with van der Waals surface area (Å²) in [5, 5.41) is 57.2. The molecular weight excluding hydrogens is 522 g/mol. The lowest BCUT2D eigenvalue weighted by Gasteiger charge is -2.21. The van der Waals surface area contributed by atoms with E-state index >= 15 is 0 Å². The van der Waals surface area contributed by atoms with Crippen LogP contribution in [0.3, 0.4) is 0 Å². The number of nitrogens with zero attached hydrogens (tertiary/aromatic N) is 3. The van der Waals surface area contributed by atoms with Crippen LogP contribution in [0.25, 0.3) is 11.4 Å². The van der Waals surface area contributed by atoms with Gasteiger partial charge >= 0.3 is 5.97 Å². The van der Waals surface area contributed by atoms with Gasteiger partial charge in [-0.25, -0.2) is 4.79 Å². The lowest BCUT2D eigenvalue weighted by atomic mass is 9.95. The molecule has 13 nitrogen and oxygen atoms in total. The Balaban J connectivity index is 1.34. The van der Waals surface area contributed by atoms with Crippen LogP contribution in [0, 0.1) is 0 Å². The lowest BCUT2D eigenvalue weighted by Crippen LogP contribution is -2.41. The minimum absolute atomic E-state index is 0.00190. The number of tetrazole rings is 1. The monoisotopic (exact) mass is 545 g/mol. The summed E-state index contributed by atoms with van der Waals surface area (Å²) in [6, 6.07) is 11.3. The van der Waals surface area contributed by atoms with E-state index in [1.54, 1.807) is 0 Å². The lowest BCUT2D eigenvalue weighted by molar-refractivity contribution is 0.0249. The molecule has 2 unspecified atom stereocenters. The molecule has 1 amide bonds. The molecule has 6 N–H and O–H groups in total. The van der Waals surface area contributed by atoms with Crippen LogP contribution in [0.1, 0.15) is 55.9 Å². The van der Waals surface area contributed by atoms with Crippen LogP contribution in [0.15, 0.2) is 54.6 Å². The van der Waals surface area contributed by atoms with Crippen LogP contribution in [0.2, 0.25) is 0 Å². The summed E-state index contributed by atoms with van der Waals surface area (Å²) >= 11 is 0. The minimum Gasteiger partial charge on any atom is -0.508 e. The second-order valence-corrected chi connectivity index (χ2v) is 9.16. The number of benzene rings is 3. The summed E-state index contributed by atoms with van der Waals surface area (Å²) in [5.74, 6) is -4.08. The van der Waals surface area contributed by atoms with Crippen molar-refractivity contribution in [3.8, 4) is 34.4 Å². The zero-order valence-electron chi connectivity index (χ0n) is 20.7. The first kappa shape index (κ1) is 26.2. The normalized spacial score (nSPS) is 16.4. The number of aromatic nitrogens is 4. The highest BCUT2D eigenvalue weighted by molar-refractivity contribution is 6.17. The third-order valence-corrected chi connectivity index (χ3v) is 6.57. The Labute approximate surface area is 226 Å². The number of ketones is 1. The van der Waals surface area contributed by atoms with Crippen LogP contribution >= 0.6 is 0 Å². The van der Waals surface area contributed by atoms with Crippen molar-refractivity contribution in [3.05, 3.63) is 76.9 Å². The molecule has 3 aromatic carbocycles. The standard InChI is InChI=1S/C27H23N5O8/c33-15-9-7-13(8-10-15)26(38)28-17-4-2-6-21(17)40-27(39)14-11-19(35)23(20(36)12-14)24(37)22-16(3-1-5-18(22)34)25-29-31-32-30-25/h1,3,5,7-12,17,21,33-36H,2,4,6H2,(H,28,38)(H,29,30,31,32). The molecule has 2 atom stereocenters. The van der Waals surface area contributed by atoms with Gasteiger partial charge in [-0.3, -0.25) is 9.59 Å². The summed E-state index contributed by atoms with van der Waals surface area (Å²) in [7, 11) is 0. The SMILES string of the molecule is O=C(NC1CCCC1OC(=O)c1cc(O)c(C(=O)c2c(O)cccc2-c2nn[nH]n2)c(O)c1)c1ccc(O)cc1. The van der Waals surface area contributed by atoms with E-state index in [0.29, 0.717) is 24.8 Å². The fourth-order valence-corrected chi connectivity index (χ4v) is 4.63. The maximum atomic E-state index is 13.3. The summed E-state index contributed by atoms with van der Waals surface area (Å²) in [4.78, 5) is 38.8. The Hall–Kier alpha value is -5.46. The first-order valence-electron chi connectivity index (χ1n) is 12.2. The van der Waals surface area contributed by atoms with Crippen molar-refractivity contribution in [1.29, 1.82) is 0 Å². The van der Waals surface area contributed by atoms with Crippen LogP contribution < -0.4 is 5.32 Å². The van der Waals surface area contributed by atoms with Crippen molar-refractivity contribution in [3.63, 3.8) is 0 Å². The van der Waals surface area contributed by atoms with E-state index in [1.165, 1.54) is 42.5 Å². The molecule has 0 spiro atoms. The number of amides is 1. The van der Waals surface area contributed by atoms with Crippen molar-refractivity contribution in [2.24, 2.45) is 0 Å². The Morgan fingerprint density at radius 1 is 0.875 bits per heavy atom. The third-order valence-electron chi connectivity index (χ3n) is 6.57. The molecule has 0 radical (unpaired) electrons. The Morgan fingerprint density at radius 3 is 2.27 bits per heavy atom. The number of nitrogens with one attached hydrogen (secondary N) is 2. The highest BCUT2D eigenvalue weighted by Crippen LogP contribution is 2.37. The average molecular weight is 546 g/mol. The van der Waals surface area contributed by atoms with Crippen molar-refractivity contribution in [2.45, 2.75) is 31.4 Å². The fourth-order valence-electron chi connectivity index (χ4n) is 4.63. The molecule has 4 aromatic rings. The van der Waals surface area contributed by atoms with Gasteiger partial charge in [-0.1, -0.05) is 12.1 Å². The molecule has 204 valence electrons. The van der Waals surface area contributed by atoms with E-state index < -0.39 is 52.6 Å². The third kappa shape index (κ3) is 5.12. The van der Waals surface area contributed by atoms with Crippen molar-refractivity contribution < 1.29 is 39.5 Å². The van der Waals surface area contributed by atoms with Gasteiger partial charge in [-0.2, -0.15) is 5.21 Å². The molecule has 1 saturated carbocycles. The van der Waals surface area contributed by atoms with Crippen molar-refractivity contribution >= 4 is 17.7 Å². The van der Waals surface area contributed by atoms with Gasteiger partial charge in [0.1, 0.15) is 34.7 Å². The molecule has 1 aromatic heterocycles. The molecule has 13 heteroatoms. The molecule has 40 heavy (non-hydrogen) atoms. The number of H-pyrrole nitrogens is 1. The van der Waals surface area contributed by atoms with Gasteiger partial charge < -0.3 is 30.5 Å². The van der Waals surface area contributed by atoms with Gasteiger partial charge in [0.15, 0.2) is 0 Å². The Kier molecular flexibility index (Phi) is 7.01. The van der Waals surface area contributed by atoms with Crippen LogP contribution in [0.5, 0.6) is 23.0 Å². The number of hydrogen-bond acceptors (Lipinski definition) is 11. The topological polar surface area (TPSA) is 208 Å². The Morgan fingerprint density at radius 2 is 1.60 bits per heavy atom. The smallest absolute Gasteiger partial charge is 0.338 e. The first-order valence-corrected chi connectivity index (χ1v) is 12.2. The first-order chi connectivity index (χ1) is 19.2. The van der Waals surface area contributed by atoms with Gasteiger partial charge in [0.05, 0.1) is 17.2 Å². The summed E-state index contributed by atoms with van der Waals surface area (Å²) in [5.41, 5.74) is -0.636. The molecule has 1 aliphatic carbocycles. The van der Waals surface area contributed by atoms with Gasteiger partial charge in [0.25, 0.3) is 5.91 Å². The number of aromatic hydroxyl groups is 4. The van der Waals surface area contributed by atoms with E-state index in [-0.39, 0.29) is 28.3 Å². The maximum absolute atomic E-state index is 13.3. The van der Waals surface area contributed by atoms with E-state index in [4.69, 9.17) is 4.74 Å². The van der Waals surface area contributed by atoms with Crippen LogP contribution in [-0.2, 0) is 4.74 Å². The highest BCUT2D eigenvalue weighted by atomic mass is 16.5. The second-order valence-electron chi connectivity index (χ2n) is 9.16. The predicted octanol–water partition coefficient (Wildman–Crippen LogP) is 2.43. The van der Waals surface area contributed by atoms with E-state index in [0.717, 1.165) is 12.1 Å². The highest BCUT2D eigenvalue weighted by Gasteiger charge is 2.33. The number of esters is 1. The zero-order chi connectivity index (χ0) is 28.4. The number of carbonyl (C=O) groups excluding carboxylic acids is 3. The molecule has 1 heterocycles. The number of carbonyl (C=O) groups is 3. The largest absolute Gasteiger partial charge is 0.508 e. The van der Waals surface area contributed by atoms with Crippen LogP contribution in [0.4, 0.5) is 0 Å². The minimum atomic E-state index is -0.944. The van der Waals surface area contributed by atoms with E-state index in [2.05, 4.69) is 25.9 Å². The van der Waals surface area contributed by atoms with Crippen molar-refractivity contribution in [2.75, 3.05) is 0 Å². The number of phenolic OH excluding ortho intramolecular Hbond substituents is 4. The fraction of sp³-hybridized carbons (Fsp3) is 0.185. The number of aromatic amines is 1. The number of ether oxygens (including phenoxy) is 1. The molecule has 0 aliphatic heterocycles. The molecule has 5 rings (SSSR count). The molecule has 1 aliphatic rings. The summed E-state index contributed by atoms with van der Waals surface area (Å²) in [6.45, 7) is 0. The number of hydrogen-bond donors (Lipinski definition) is 6. The van der Waals surface area contributed by atoms with E-state index in [1.807, 2.05) is 0 Å². The van der Waals surface area contributed by atoms with Crippen molar-refractivity contribution in [1.82, 2.24) is 25.9 Å². The van der Waals surface area contributed by atoms with Gasteiger partial charge in [-0.05, 0) is 66.9 Å². The quantitative estimate of drug-likeness (QED) is 0.147. The molecule has 1 fully saturated rings. The maximum Gasteiger partial charge on any atom is 0.338 e. The van der Waals surface area contributed by atoms with Crippen LogP contribution in [-0.4, -0.2) is 70.9 Å². The number of phenols is 4. The van der Waals surface area contributed by atoms with E-state index in [9.17, 15) is 34.8 Å². The van der Waals surface area contributed by atoms with Gasteiger partial charge in [0.2, 0.25) is 11.6 Å². The predicted molar refractivity (Wildman–Crippen MR) is 137 cm³/mol. The Bertz CT molecular complexity index is 1560. The molecular formula is C27H23N5O8. The summed E-state index contributed by atoms with van der Waals surface area (Å²) in [6.07, 6.45) is 1.06.